The summed E-state index contributed by atoms with van der Waals surface area (Å²) in [5.74, 6) is -0.938. The number of hydrogen-bond acceptors (Lipinski definition) is 8. The maximum absolute atomic E-state index is 12.4. The molecule has 2 N–H and O–H groups in total. The Labute approximate surface area is 191 Å². The number of ether oxygens (including phenoxy) is 1. The summed E-state index contributed by atoms with van der Waals surface area (Å²) in [6, 6.07) is 9.85. The van der Waals surface area contributed by atoms with Crippen LogP contribution in [-0.4, -0.2) is 52.7 Å². The van der Waals surface area contributed by atoms with Crippen LogP contribution in [0.15, 0.2) is 47.4 Å². The minimum atomic E-state index is -3.91. The van der Waals surface area contributed by atoms with Gasteiger partial charge in [0.1, 0.15) is 11.9 Å². The van der Waals surface area contributed by atoms with Gasteiger partial charge in [0.15, 0.2) is 6.61 Å². The molecule has 2 aromatic heterocycles. The van der Waals surface area contributed by atoms with Crippen LogP contribution in [-0.2, 0) is 24.3 Å². The molecule has 0 saturated carbocycles. The predicted molar refractivity (Wildman–Crippen MR) is 119 cm³/mol. The lowest BCUT2D eigenvalue weighted by molar-refractivity contribution is -0.148. The highest BCUT2D eigenvalue weighted by molar-refractivity contribution is 7.89. The lowest BCUT2D eigenvalue weighted by Gasteiger charge is -2.14. The Kier molecular flexibility index (Phi) is 7.19. The van der Waals surface area contributed by atoms with E-state index in [0.29, 0.717) is 11.5 Å². The van der Waals surface area contributed by atoms with E-state index >= 15 is 0 Å². The van der Waals surface area contributed by atoms with Crippen molar-refractivity contribution in [1.82, 2.24) is 24.5 Å². The normalized spacial score (nSPS) is 12.2. The second kappa shape index (κ2) is 9.88. The minimum Gasteiger partial charge on any atom is -0.454 e. The highest BCUT2D eigenvalue weighted by atomic mass is 32.2. The van der Waals surface area contributed by atoms with Gasteiger partial charge in [-0.3, -0.25) is 9.59 Å². The van der Waals surface area contributed by atoms with Crippen LogP contribution in [0.2, 0.25) is 0 Å². The zero-order valence-corrected chi connectivity index (χ0v) is 19.4. The molecular weight excluding hydrogens is 448 g/mol. The van der Waals surface area contributed by atoms with E-state index < -0.39 is 34.5 Å². The molecule has 2 heterocycles. The lowest BCUT2D eigenvalue weighted by atomic mass is 10.4. The number of hydrogen-bond donors (Lipinski definition) is 2. The Morgan fingerprint density at radius 1 is 1.03 bits per heavy atom. The number of esters is 1. The second-order valence-electron chi connectivity index (χ2n) is 7.35. The fourth-order valence-corrected chi connectivity index (χ4v) is 4.15. The highest BCUT2D eigenvalue weighted by Crippen LogP contribution is 2.15. The monoisotopic (exact) mass is 472 g/mol. The van der Waals surface area contributed by atoms with Crippen LogP contribution in [0, 0.1) is 20.8 Å². The van der Waals surface area contributed by atoms with Crippen LogP contribution < -0.4 is 10.0 Å². The molecule has 1 atom stereocenters. The molecule has 0 fully saturated rings. The van der Waals surface area contributed by atoms with E-state index in [1.54, 1.807) is 31.2 Å². The number of benzene rings is 1. The Hall–Kier alpha value is -3.64. The molecule has 1 unspecified atom stereocenters. The maximum Gasteiger partial charge on any atom is 0.324 e. The molecule has 0 radical (unpaired) electrons. The van der Waals surface area contributed by atoms with Gasteiger partial charge in [-0.05, 0) is 45.9 Å². The third-order valence-corrected chi connectivity index (χ3v) is 5.90. The fraction of sp³-hybridized carbons (Fsp3) is 0.286. The van der Waals surface area contributed by atoms with Crippen LogP contribution in [0.1, 0.15) is 24.0 Å². The molecule has 11 nitrogen and oxygen atoms in total. The van der Waals surface area contributed by atoms with Crippen LogP contribution in [0.25, 0.3) is 5.95 Å². The van der Waals surface area contributed by atoms with Gasteiger partial charge in [0.25, 0.3) is 11.9 Å². The average molecular weight is 473 g/mol. The molecule has 3 aromatic rings. The summed E-state index contributed by atoms with van der Waals surface area (Å²) in [6.45, 7) is 6.10. The van der Waals surface area contributed by atoms with Crippen LogP contribution in [0.4, 0.5) is 5.82 Å². The van der Waals surface area contributed by atoms with Crippen LogP contribution in [0.3, 0.4) is 0 Å². The van der Waals surface area contributed by atoms with Crippen LogP contribution in [0.5, 0.6) is 0 Å². The molecule has 0 aliphatic heterocycles. The van der Waals surface area contributed by atoms with Crippen molar-refractivity contribution in [3.05, 3.63) is 59.5 Å². The summed E-state index contributed by atoms with van der Waals surface area (Å²) in [4.78, 5) is 33.2. The number of aryl methyl sites for hydroxylation is 3. The van der Waals surface area contributed by atoms with E-state index in [9.17, 15) is 18.0 Å². The van der Waals surface area contributed by atoms with Gasteiger partial charge in [-0.1, -0.05) is 18.2 Å². The number of carbonyl (C=O) groups excluding carboxylic acids is 2. The third kappa shape index (κ3) is 6.20. The van der Waals surface area contributed by atoms with Crippen molar-refractivity contribution >= 4 is 27.7 Å². The summed E-state index contributed by atoms with van der Waals surface area (Å²) < 4.78 is 33.2. The van der Waals surface area contributed by atoms with Crippen molar-refractivity contribution < 1.29 is 22.7 Å². The molecule has 33 heavy (non-hydrogen) atoms. The predicted octanol–water partition coefficient (Wildman–Crippen LogP) is 1.44. The van der Waals surface area contributed by atoms with E-state index in [1.165, 1.54) is 23.7 Å². The highest BCUT2D eigenvalue weighted by Gasteiger charge is 2.24. The smallest absolute Gasteiger partial charge is 0.324 e. The number of anilines is 1. The number of amides is 1. The molecule has 3 rings (SSSR count). The molecule has 174 valence electrons. The van der Waals surface area contributed by atoms with Gasteiger partial charge in [0, 0.05) is 17.5 Å². The molecule has 0 spiro atoms. The molecule has 12 heteroatoms. The van der Waals surface area contributed by atoms with Gasteiger partial charge in [-0.25, -0.2) is 18.4 Å². The number of rotatable bonds is 8. The summed E-state index contributed by atoms with van der Waals surface area (Å²) in [5.41, 5.74) is 2.10. The van der Waals surface area contributed by atoms with Gasteiger partial charge in [0.2, 0.25) is 10.0 Å². The van der Waals surface area contributed by atoms with Gasteiger partial charge in [-0.15, -0.1) is 0 Å². The van der Waals surface area contributed by atoms with E-state index in [1.807, 2.05) is 19.9 Å². The largest absolute Gasteiger partial charge is 0.454 e. The summed E-state index contributed by atoms with van der Waals surface area (Å²) in [7, 11) is -3.91. The molecule has 0 aliphatic carbocycles. The Morgan fingerprint density at radius 3 is 2.30 bits per heavy atom. The van der Waals surface area contributed by atoms with Crippen molar-refractivity contribution in [2.45, 2.75) is 38.6 Å². The maximum atomic E-state index is 12.4. The Morgan fingerprint density at radius 2 is 1.67 bits per heavy atom. The SMILES string of the molecule is Cc1cc(C)nc(-n2nc(C)cc2NC(=O)COC(=O)C(C)NS(=O)(=O)c2ccccc2)n1. The van der Waals surface area contributed by atoms with Crippen molar-refractivity contribution in [2.75, 3.05) is 11.9 Å². The van der Waals surface area contributed by atoms with Crippen molar-refractivity contribution in [3.8, 4) is 5.95 Å². The first-order chi connectivity index (χ1) is 15.5. The van der Waals surface area contributed by atoms with E-state index in [2.05, 4.69) is 25.1 Å². The third-order valence-electron chi connectivity index (χ3n) is 4.34. The first-order valence-corrected chi connectivity index (χ1v) is 11.5. The number of sulfonamides is 1. The molecule has 0 aliphatic rings. The lowest BCUT2D eigenvalue weighted by Crippen LogP contribution is -2.40. The van der Waals surface area contributed by atoms with Crippen molar-refractivity contribution in [2.24, 2.45) is 0 Å². The first-order valence-electron chi connectivity index (χ1n) is 9.98. The molecule has 0 bridgehead atoms. The van der Waals surface area contributed by atoms with E-state index in [-0.39, 0.29) is 10.8 Å². The van der Waals surface area contributed by atoms with Crippen molar-refractivity contribution in [1.29, 1.82) is 0 Å². The van der Waals surface area contributed by atoms with Gasteiger partial charge < -0.3 is 10.1 Å². The quantitative estimate of drug-likeness (QED) is 0.469. The summed E-state index contributed by atoms with van der Waals surface area (Å²) in [6.07, 6.45) is 0. The number of carbonyl (C=O) groups is 2. The topological polar surface area (TPSA) is 145 Å². The molecular formula is C21H24N6O5S. The fourth-order valence-electron chi connectivity index (χ4n) is 2.93. The number of nitrogens with one attached hydrogen (secondary N) is 2. The molecule has 1 amide bonds. The second-order valence-corrected chi connectivity index (χ2v) is 9.06. The Balaban J connectivity index is 1.61. The average Bonchev–Trinajstić information content (AvgIpc) is 3.11. The first kappa shape index (κ1) is 24.0. The van der Waals surface area contributed by atoms with Gasteiger partial charge in [0.05, 0.1) is 10.6 Å². The van der Waals surface area contributed by atoms with Gasteiger partial charge in [-0.2, -0.15) is 14.5 Å². The van der Waals surface area contributed by atoms with Crippen LogP contribution >= 0.6 is 0 Å². The summed E-state index contributed by atoms with van der Waals surface area (Å²) >= 11 is 0. The Bertz CT molecular complexity index is 1250. The van der Waals surface area contributed by atoms with Crippen molar-refractivity contribution in [3.63, 3.8) is 0 Å². The van der Waals surface area contributed by atoms with E-state index in [0.717, 1.165) is 11.4 Å². The zero-order valence-electron chi connectivity index (χ0n) is 18.6. The summed E-state index contributed by atoms with van der Waals surface area (Å²) in [5, 5.41) is 6.90. The zero-order chi connectivity index (χ0) is 24.2. The molecule has 0 saturated heterocycles. The molecule has 1 aromatic carbocycles. The van der Waals surface area contributed by atoms with Gasteiger partial charge >= 0.3 is 5.97 Å². The minimum absolute atomic E-state index is 0.0135. The number of aromatic nitrogens is 4. The van der Waals surface area contributed by atoms with E-state index in [4.69, 9.17) is 4.74 Å². The standard InChI is InChI=1S/C21H24N6O5S/c1-13-10-14(2)23-21(22-13)27-18(11-15(3)25-27)24-19(28)12-32-20(29)16(4)26-33(30,31)17-8-6-5-7-9-17/h5-11,16,26H,12H2,1-4H3,(H,24,28). The number of nitrogens with zero attached hydrogens (tertiary/aromatic N) is 4.